The third-order valence-electron chi connectivity index (χ3n) is 4.70. The maximum atomic E-state index is 6.42. The van der Waals surface area contributed by atoms with Crippen molar-refractivity contribution in [2.45, 2.75) is 38.1 Å². The van der Waals surface area contributed by atoms with Gasteiger partial charge in [0.2, 0.25) is 0 Å². The third-order valence-corrected chi connectivity index (χ3v) is 5.05. The number of halogens is 1. The lowest BCUT2D eigenvalue weighted by molar-refractivity contribution is 0.471. The zero-order valence-electron chi connectivity index (χ0n) is 12.7. The van der Waals surface area contributed by atoms with Crippen molar-refractivity contribution in [3.05, 3.63) is 69.7 Å². The molecule has 2 aromatic carbocycles. The fraction of sp³-hybridized carbons (Fsp3) is 0.368. The smallest absolute Gasteiger partial charge is 0.0440 e. The largest absolute Gasteiger partial charge is 0.313 e. The molecule has 1 unspecified atom stereocenters. The highest BCUT2D eigenvalue weighted by Gasteiger charge is 2.27. The molecule has 2 heteroatoms. The first-order valence-electron chi connectivity index (χ1n) is 7.79. The molecule has 0 saturated carbocycles. The van der Waals surface area contributed by atoms with Crippen molar-refractivity contribution >= 4 is 11.6 Å². The van der Waals surface area contributed by atoms with Gasteiger partial charge in [-0.3, -0.25) is 0 Å². The van der Waals surface area contributed by atoms with Gasteiger partial charge in [-0.05, 0) is 54.6 Å². The average molecular weight is 300 g/mol. The molecule has 1 N–H and O–H groups in total. The summed E-state index contributed by atoms with van der Waals surface area (Å²) < 4.78 is 0. The Hall–Kier alpha value is -1.31. The minimum absolute atomic E-state index is 0.467. The SMILES string of the molecule is CCc1ccc([C@@H]2CCC(NC)c3ccccc32)cc1Cl. The van der Waals surface area contributed by atoms with Crippen LogP contribution in [0, 0.1) is 0 Å². The number of nitrogens with one attached hydrogen (secondary N) is 1. The molecule has 0 heterocycles. The van der Waals surface area contributed by atoms with Crippen molar-refractivity contribution in [1.29, 1.82) is 0 Å². The Balaban J connectivity index is 2.02. The van der Waals surface area contributed by atoms with Gasteiger partial charge in [0.1, 0.15) is 0 Å². The highest BCUT2D eigenvalue weighted by atomic mass is 35.5. The zero-order valence-corrected chi connectivity index (χ0v) is 13.5. The molecule has 0 aromatic heterocycles. The maximum absolute atomic E-state index is 6.42. The molecule has 1 nitrogen and oxygen atoms in total. The van der Waals surface area contributed by atoms with E-state index < -0.39 is 0 Å². The van der Waals surface area contributed by atoms with Crippen LogP contribution in [-0.2, 0) is 6.42 Å². The van der Waals surface area contributed by atoms with Crippen molar-refractivity contribution in [2.75, 3.05) is 7.05 Å². The molecule has 1 aliphatic rings. The lowest BCUT2D eigenvalue weighted by Crippen LogP contribution is -2.24. The topological polar surface area (TPSA) is 12.0 Å². The number of fused-ring (bicyclic) bond motifs is 1. The van der Waals surface area contributed by atoms with Crippen LogP contribution in [0.25, 0.3) is 0 Å². The summed E-state index contributed by atoms with van der Waals surface area (Å²) in [5, 5.41) is 4.34. The molecular weight excluding hydrogens is 278 g/mol. The molecular formula is C19H22ClN. The summed E-state index contributed by atoms with van der Waals surface area (Å²) >= 11 is 6.42. The lowest BCUT2D eigenvalue weighted by Gasteiger charge is -2.32. The molecule has 110 valence electrons. The molecule has 0 aliphatic heterocycles. The molecule has 0 spiro atoms. The molecule has 1 aliphatic carbocycles. The van der Waals surface area contributed by atoms with Gasteiger partial charge in [-0.25, -0.2) is 0 Å². The quantitative estimate of drug-likeness (QED) is 0.832. The summed E-state index contributed by atoms with van der Waals surface area (Å²) in [6.07, 6.45) is 3.33. The average Bonchev–Trinajstić information content (AvgIpc) is 2.53. The van der Waals surface area contributed by atoms with Crippen LogP contribution >= 0.6 is 11.6 Å². The van der Waals surface area contributed by atoms with Gasteiger partial charge in [0, 0.05) is 17.0 Å². The Morgan fingerprint density at radius 3 is 2.52 bits per heavy atom. The van der Waals surface area contributed by atoms with Crippen molar-refractivity contribution in [1.82, 2.24) is 5.32 Å². The summed E-state index contributed by atoms with van der Waals surface area (Å²) in [7, 11) is 2.05. The van der Waals surface area contributed by atoms with Gasteiger partial charge in [0.25, 0.3) is 0 Å². The van der Waals surface area contributed by atoms with E-state index in [1.54, 1.807) is 0 Å². The number of hydrogen-bond donors (Lipinski definition) is 1. The molecule has 0 amide bonds. The van der Waals surface area contributed by atoms with E-state index >= 15 is 0 Å². The fourth-order valence-corrected chi connectivity index (χ4v) is 3.83. The van der Waals surface area contributed by atoms with Crippen LogP contribution in [0.2, 0.25) is 5.02 Å². The predicted octanol–water partition coefficient (Wildman–Crippen LogP) is 5.09. The normalized spacial score (nSPS) is 21.1. The van der Waals surface area contributed by atoms with Gasteiger partial charge in [0.15, 0.2) is 0 Å². The summed E-state index contributed by atoms with van der Waals surface area (Å²) in [4.78, 5) is 0. The molecule has 2 atom stereocenters. The number of benzene rings is 2. The second-order valence-electron chi connectivity index (χ2n) is 5.80. The molecule has 0 saturated heterocycles. The Labute approximate surface area is 132 Å². The van der Waals surface area contributed by atoms with Crippen LogP contribution in [0.5, 0.6) is 0 Å². The van der Waals surface area contributed by atoms with E-state index in [1.165, 1.54) is 35.1 Å². The highest BCUT2D eigenvalue weighted by Crippen LogP contribution is 2.41. The van der Waals surface area contributed by atoms with E-state index in [4.69, 9.17) is 11.6 Å². The summed E-state index contributed by atoms with van der Waals surface area (Å²) in [6, 6.07) is 15.9. The maximum Gasteiger partial charge on any atom is 0.0440 e. The number of hydrogen-bond acceptors (Lipinski definition) is 1. The Kier molecular flexibility index (Phi) is 4.32. The minimum Gasteiger partial charge on any atom is -0.313 e. The van der Waals surface area contributed by atoms with Crippen LogP contribution in [0.4, 0.5) is 0 Å². The highest BCUT2D eigenvalue weighted by molar-refractivity contribution is 6.31. The summed E-state index contributed by atoms with van der Waals surface area (Å²) in [5.41, 5.74) is 5.46. The third kappa shape index (κ3) is 2.73. The molecule has 0 bridgehead atoms. The summed E-state index contributed by atoms with van der Waals surface area (Å²) in [5.74, 6) is 0.467. The molecule has 2 aromatic rings. The second kappa shape index (κ2) is 6.21. The molecule has 3 rings (SSSR count). The van der Waals surface area contributed by atoms with E-state index in [9.17, 15) is 0 Å². The predicted molar refractivity (Wildman–Crippen MR) is 90.1 cm³/mol. The van der Waals surface area contributed by atoms with Crippen LogP contribution < -0.4 is 5.32 Å². The van der Waals surface area contributed by atoms with Crippen molar-refractivity contribution < 1.29 is 0 Å². The van der Waals surface area contributed by atoms with E-state index in [0.29, 0.717) is 12.0 Å². The fourth-order valence-electron chi connectivity index (χ4n) is 3.50. The first kappa shape index (κ1) is 14.6. The van der Waals surface area contributed by atoms with Crippen LogP contribution in [0.15, 0.2) is 42.5 Å². The Morgan fingerprint density at radius 2 is 1.86 bits per heavy atom. The first-order chi connectivity index (χ1) is 10.2. The van der Waals surface area contributed by atoms with Crippen LogP contribution in [0.3, 0.4) is 0 Å². The standard InChI is InChI=1S/C19H22ClN/c1-3-13-8-9-14(12-18(13)20)15-10-11-19(21-2)17-7-5-4-6-16(15)17/h4-9,12,15,19,21H,3,10-11H2,1-2H3/t15-,19?/m0/s1. The van der Waals surface area contributed by atoms with Gasteiger partial charge in [0.05, 0.1) is 0 Å². The van der Waals surface area contributed by atoms with Gasteiger partial charge < -0.3 is 5.32 Å². The molecule has 0 fully saturated rings. The van der Waals surface area contributed by atoms with Crippen LogP contribution in [0.1, 0.15) is 54.0 Å². The van der Waals surface area contributed by atoms with Gasteiger partial charge in [-0.15, -0.1) is 0 Å². The number of rotatable bonds is 3. The molecule has 0 radical (unpaired) electrons. The Bertz CT molecular complexity index is 635. The monoisotopic (exact) mass is 299 g/mol. The zero-order chi connectivity index (χ0) is 14.8. The van der Waals surface area contributed by atoms with Crippen LogP contribution in [-0.4, -0.2) is 7.05 Å². The van der Waals surface area contributed by atoms with Crippen molar-refractivity contribution in [3.63, 3.8) is 0 Å². The Morgan fingerprint density at radius 1 is 1.10 bits per heavy atom. The minimum atomic E-state index is 0.467. The first-order valence-corrected chi connectivity index (χ1v) is 8.16. The van der Waals surface area contributed by atoms with Crippen molar-refractivity contribution in [3.8, 4) is 0 Å². The van der Waals surface area contributed by atoms with Gasteiger partial charge >= 0.3 is 0 Å². The summed E-state index contributed by atoms with van der Waals surface area (Å²) in [6.45, 7) is 2.15. The molecule has 21 heavy (non-hydrogen) atoms. The van der Waals surface area contributed by atoms with E-state index in [2.05, 4.69) is 61.8 Å². The van der Waals surface area contributed by atoms with Crippen molar-refractivity contribution in [2.24, 2.45) is 0 Å². The van der Waals surface area contributed by atoms with Gasteiger partial charge in [-0.1, -0.05) is 54.9 Å². The van der Waals surface area contributed by atoms with E-state index in [-0.39, 0.29) is 0 Å². The van der Waals surface area contributed by atoms with E-state index in [0.717, 1.165) is 11.4 Å². The van der Waals surface area contributed by atoms with Gasteiger partial charge in [-0.2, -0.15) is 0 Å². The number of aryl methyl sites for hydroxylation is 1. The lowest BCUT2D eigenvalue weighted by atomic mass is 9.76. The van der Waals surface area contributed by atoms with E-state index in [1.807, 2.05) is 0 Å². The second-order valence-corrected chi connectivity index (χ2v) is 6.21.